The van der Waals surface area contributed by atoms with Gasteiger partial charge in [-0.05, 0) is 48.4 Å². The fourth-order valence-corrected chi connectivity index (χ4v) is 3.89. The van der Waals surface area contributed by atoms with Crippen molar-refractivity contribution in [3.05, 3.63) is 24.3 Å². The molecule has 1 aliphatic heterocycles. The molecular weight excluding hydrogens is 260 g/mol. The van der Waals surface area contributed by atoms with Crippen LogP contribution in [0.1, 0.15) is 33.6 Å². The van der Waals surface area contributed by atoms with Crippen LogP contribution >= 0.6 is 0 Å². The lowest BCUT2D eigenvalue weighted by Crippen LogP contribution is -2.36. The van der Waals surface area contributed by atoms with Crippen molar-refractivity contribution < 1.29 is 4.74 Å². The maximum atomic E-state index is 5.41. The predicted molar refractivity (Wildman–Crippen MR) is 89.1 cm³/mol. The Morgan fingerprint density at radius 1 is 1.10 bits per heavy atom. The molecule has 2 aliphatic rings. The predicted octanol–water partition coefficient (Wildman–Crippen LogP) is 3.76. The smallest absolute Gasteiger partial charge is 0.0642 e. The molecule has 1 N–H and O–H groups in total. The summed E-state index contributed by atoms with van der Waals surface area (Å²) in [4.78, 5) is 2.40. The average Bonchev–Trinajstić information content (AvgIpc) is 2.73. The van der Waals surface area contributed by atoms with E-state index in [1.54, 1.807) is 0 Å². The van der Waals surface area contributed by atoms with E-state index < -0.39 is 0 Å². The Balaban J connectivity index is 1.62. The second kappa shape index (κ2) is 5.88. The molecule has 0 spiro atoms. The van der Waals surface area contributed by atoms with Gasteiger partial charge in [0.25, 0.3) is 0 Å². The maximum absolute atomic E-state index is 5.41. The Hall–Kier alpha value is -1.22. The van der Waals surface area contributed by atoms with Crippen molar-refractivity contribution in [2.75, 3.05) is 36.5 Å². The van der Waals surface area contributed by atoms with E-state index in [4.69, 9.17) is 4.74 Å². The molecule has 2 unspecified atom stereocenters. The SMILES string of the molecule is CC1CC(C)(C)CC1Nc1ccc(N2CCOCC2)cc1. The number of anilines is 2. The van der Waals surface area contributed by atoms with Crippen LogP contribution < -0.4 is 10.2 Å². The molecule has 3 rings (SSSR count). The van der Waals surface area contributed by atoms with Gasteiger partial charge in [-0.1, -0.05) is 20.8 Å². The van der Waals surface area contributed by atoms with Gasteiger partial charge in [-0.15, -0.1) is 0 Å². The molecule has 3 nitrogen and oxygen atoms in total. The van der Waals surface area contributed by atoms with E-state index in [0.29, 0.717) is 11.5 Å². The van der Waals surface area contributed by atoms with E-state index in [0.717, 1.165) is 32.2 Å². The molecule has 116 valence electrons. The van der Waals surface area contributed by atoms with Crippen molar-refractivity contribution >= 4 is 11.4 Å². The number of nitrogens with zero attached hydrogens (tertiary/aromatic N) is 1. The molecule has 1 saturated carbocycles. The lowest BCUT2D eigenvalue weighted by atomic mass is 9.91. The fraction of sp³-hybridized carbons (Fsp3) is 0.667. The fourth-order valence-electron chi connectivity index (χ4n) is 3.89. The summed E-state index contributed by atoms with van der Waals surface area (Å²) in [7, 11) is 0. The van der Waals surface area contributed by atoms with Gasteiger partial charge in [-0.3, -0.25) is 0 Å². The zero-order valence-electron chi connectivity index (χ0n) is 13.6. The molecule has 3 heteroatoms. The molecule has 1 aliphatic carbocycles. The summed E-state index contributed by atoms with van der Waals surface area (Å²) in [5.74, 6) is 0.749. The number of nitrogens with one attached hydrogen (secondary N) is 1. The molecule has 1 aromatic rings. The third-order valence-corrected chi connectivity index (χ3v) is 4.93. The van der Waals surface area contributed by atoms with Crippen molar-refractivity contribution in [3.63, 3.8) is 0 Å². The van der Waals surface area contributed by atoms with Crippen LogP contribution in [-0.4, -0.2) is 32.3 Å². The monoisotopic (exact) mass is 288 g/mol. The first-order valence-corrected chi connectivity index (χ1v) is 8.23. The summed E-state index contributed by atoms with van der Waals surface area (Å²) in [6.45, 7) is 10.8. The van der Waals surface area contributed by atoms with E-state index in [-0.39, 0.29) is 0 Å². The first kappa shape index (κ1) is 14.7. The topological polar surface area (TPSA) is 24.5 Å². The highest BCUT2D eigenvalue weighted by Gasteiger charge is 2.36. The molecular formula is C18H28N2O. The number of rotatable bonds is 3. The van der Waals surface area contributed by atoms with Gasteiger partial charge >= 0.3 is 0 Å². The van der Waals surface area contributed by atoms with Gasteiger partial charge in [0.1, 0.15) is 0 Å². The average molecular weight is 288 g/mol. The maximum Gasteiger partial charge on any atom is 0.0642 e. The molecule has 0 aromatic heterocycles. The molecule has 21 heavy (non-hydrogen) atoms. The van der Waals surface area contributed by atoms with Crippen LogP contribution in [0, 0.1) is 11.3 Å². The van der Waals surface area contributed by atoms with Crippen molar-refractivity contribution in [1.29, 1.82) is 0 Å². The number of ether oxygens (including phenoxy) is 1. The standard InChI is InChI=1S/C18H28N2O/c1-14-12-18(2,3)13-17(14)19-15-4-6-16(7-5-15)20-8-10-21-11-9-20/h4-7,14,17,19H,8-13H2,1-3H3. The second-order valence-electron chi connectivity index (χ2n) is 7.45. The van der Waals surface area contributed by atoms with Crippen LogP contribution in [0.2, 0.25) is 0 Å². The van der Waals surface area contributed by atoms with Gasteiger partial charge in [-0.2, -0.15) is 0 Å². The Bertz CT molecular complexity index is 463. The van der Waals surface area contributed by atoms with Gasteiger partial charge in [0, 0.05) is 30.5 Å². The highest BCUT2D eigenvalue weighted by molar-refractivity contribution is 5.55. The molecule has 1 heterocycles. The summed E-state index contributed by atoms with van der Waals surface area (Å²) in [6.07, 6.45) is 2.58. The summed E-state index contributed by atoms with van der Waals surface area (Å²) in [5, 5.41) is 3.73. The quantitative estimate of drug-likeness (QED) is 0.916. The normalized spacial score (nSPS) is 28.6. The minimum atomic E-state index is 0.477. The molecule has 0 bridgehead atoms. The Kier molecular flexibility index (Phi) is 4.12. The van der Waals surface area contributed by atoms with Crippen LogP contribution in [0.3, 0.4) is 0 Å². The third kappa shape index (κ3) is 3.52. The zero-order chi connectivity index (χ0) is 14.9. The van der Waals surface area contributed by atoms with Gasteiger partial charge in [-0.25, -0.2) is 0 Å². The lowest BCUT2D eigenvalue weighted by Gasteiger charge is -2.29. The van der Waals surface area contributed by atoms with Gasteiger partial charge in [0.15, 0.2) is 0 Å². The number of benzene rings is 1. The highest BCUT2D eigenvalue weighted by Crippen LogP contribution is 2.42. The van der Waals surface area contributed by atoms with Crippen molar-refractivity contribution in [3.8, 4) is 0 Å². The minimum absolute atomic E-state index is 0.477. The van der Waals surface area contributed by atoms with Crippen LogP contribution in [0.5, 0.6) is 0 Å². The van der Waals surface area contributed by atoms with E-state index >= 15 is 0 Å². The van der Waals surface area contributed by atoms with Crippen LogP contribution in [-0.2, 0) is 4.74 Å². The number of hydrogen-bond donors (Lipinski definition) is 1. The first-order chi connectivity index (χ1) is 10.0. The van der Waals surface area contributed by atoms with Crippen molar-refractivity contribution in [2.24, 2.45) is 11.3 Å². The first-order valence-electron chi connectivity index (χ1n) is 8.23. The molecule has 2 fully saturated rings. The summed E-state index contributed by atoms with van der Waals surface area (Å²) < 4.78 is 5.41. The van der Waals surface area contributed by atoms with Gasteiger partial charge in [0.2, 0.25) is 0 Å². The molecule has 1 saturated heterocycles. The number of morpholine rings is 1. The Labute approximate surface area is 128 Å². The molecule has 2 atom stereocenters. The Morgan fingerprint density at radius 3 is 2.33 bits per heavy atom. The Morgan fingerprint density at radius 2 is 1.76 bits per heavy atom. The van der Waals surface area contributed by atoms with Crippen LogP contribution in [0.15, 0.2) is 24.3 Å². The number of hydrogen-bond acceptors (Lipinski definition) is 3. The van der Waals surface area contributed by atoms with Crippen molar-refractivity contribution in [2.45, 2.75) is 39.7 Å². The van der Waals surface area contributed by atoms with E-state index in [2.05, 4.69) is 55.3 Å². The molecule has 0 radical (unpaired) electrons. The van der Waals surface area contributed by atoms with E-state index in [9.17, 15) is 0 Å². The molecule has 0 amide bonds. The molecule has 1 aromatic carbocycles. The summed E-state index contributed by atoms with van der Waals surface area (Å²) >= 11 is 0. The van der Waals surface area contributed by atoms with Crippen LogP contribution in [0.25, 0.3) is 0 Å². The minimum Gasteiger partial charge on any atom is -0.382 e. The van der Waals surface area contributed by atoms with E-state index in [1.165, 1.54) is 24.2 Å². The van der Waals surface area contributed by atoms with Crippen molar-refractivity contribution in [1.82, 2.24) is 0 Å². The van der Waals surface area contributed by atoms with E-state index in [1.807, 2.05) is 0 Å². The highest BCUT2D eigenvalue weighted by atomic mass is 16.5. The lowest BCUT2D eigenvalue weighted by molar-refractivity contribution is 0.122. The van der Waals surface area contributed by atoms with Crippen LogP contribution in [0.4, 0.5) is 11.4 Å². The zero-order valence-corrected chi connectivity index (χ0v) is 13.6. The summed E-state index contributed by atoms with van der Waals surface area (Å²) in [6, 6.07) is 9.52. The third-order valence-electron chi connectivity index (χ3n) is 4.93. The summed E-state index contributed by atoms with van der Waals surface area (Å²) in [5.41, 5.74) is 3.04. The van der Waals surface area contributed by atoms with Gasteiger partial charge < -0.3 is 15.0 Å². The van der Waals surface area contributed by atoms with Gasteiger partial charge in [0.05, 0.1) is 13.2 Å². The second-order valence-corrected chi connectivity index (χ2v) is 7.45. The largest absolute Gasteiger partial charge is 0.382 e.